The van der Waals surface area contributed by atoms with Crippen molar-refractivity contribution in [3.05, 3.63) is 52.9 Å². The molecule has 4 heterocycles. The second-order valence-corrected chi connectivity index (χ2v) is 7.99. The lowest BCUT2D eigenvalue weighted by Gasteiger charge is -2.08. The smallest absolute Gasteiger partial charge is 0.422 e. The number of aromatic nitrogens is 4. The third-order valence-electron chi connectivity index (χ3n) is 3.61. The molecule has 12 heteroatoms. The molecule has 166 valence electrons. The number of nitrogens with zero attached hydrogens (tertiary/aromatic N) is 3. The Morgan fingerprint density at radius 2 is 1.74 bits per heavy atom. The van der Waals surface area contributed by atoms with Crippen LogP contribution < -0.4 is 17.1 Å². The number of aromatic amines is 1. The van der Waals surface area contributed by atoms with Crippen LogP contribution in [0, 0.1) is 6.92 Å². The lowest BCUT2D eigenvalue weighted by molar-refractivity contribution is -0.154. The molecule has 0 spiro atoms. The Morgan fingerprint density at radius 1 is 1.13 bits per heavy atom. The van der Waals surface area contributed by atoms with Gasteiger partial charge in [0.05, 0.1) is 9.75 Å². The van der Waals surface area contributed by atoms with Crippen molar-refractivity contribution in [1.29, 1.82) is 0 Å². The minimum atomic E-state index is -4.46. The fourth-order valence-corrected chi connectivity index (χ4v) is 3.73. The molecule has 0 saturated carbocycles. The first kappa shape index (κ1) is 24.6. The van der Waals surface area contributed by atoms with Crippen molar-refractivity contribution in [1.82, 2.24) is 20.0 Å². The van der Waals surface area contributed by atoms with Crippen molar-refractivity contribution in [3.8, 4) is 27.0 Å². The molecule has 4 aromatic rings. The van der Waals surface area contributed by atoms with Crippen LogP contribution in [0.15, 0.2) is 47.2 Å². The molecule has 31 heavy (non-hydrogen) atoms. The number of ether oxygens (including phenoxy) is 1. The molecule has 0 bridgehead atoms. The van der Waals surface area contributed by atoms with Crippen LogP contribution in [0.5, 0.6) is 5.88 Å². The summed E-state index contributed by atoms with van der Waals surface area (Å²) in [7, 11) is 0. The molecule has 0 saturated heterocycles. The van der Waals surface area contributed by atoms with E-state index in [1.165, 1.54) is 29.2 Å². The summed E-state index contributed by atoms with van der Waals surface area (Å²) in [4.78, 5) is 13.3. The molecule has 1 N–H and O–H groups in total. The number of hydrogen-bond donors (Lipinski definition) is 1. The van der Waals surface area contributed by atoms with Gasteiger partial charge in [0, 0.05) is 18.7 Å². The lowest BCUT2D eigenvalue weighted by Crippen LogP contribution is -3.00. The van der Waals surface area contributed by atoms with Crippen LogP contribution in [0.25, 0.3) is 21.1 Å². The number of hydrogen-bond acceptors (Lipinski definition) is 6. The fraction of sp³-hybridized carbons (Fsp3) is 0.211. The Morgan fingerprint density at radius 3 is 2.19 bits per heavy atom. The average molecular weight is 490 g/mol. The predicted molar refractivity (Wildman–Crippen MR) is 110 cm³/mol. The largest absolute Gasteiger partial charge is 1.00 e. The zero-order valence-electron chi connectivity index (χ0n) is 16.3. The summed E-state index contributed by atoms with van der Waals surface area (Å²) < 4.78 is 41.8. The maximum atomic E-state index is 12.1. The number of alkyl halides is 3. The number of aryl methyl sites for hydroxylation is 1. The molecule has 6 nitrogen and oxygen atoms in total. The Balaban J connectivity index is 0.000000242. The van der Waals surface area contributed by atoms with Gasteiger partial charge in [0.25, 0.3) is 0 Å². The van der Waals surface area contributed by atoms with E-state index in [2.05, 4.69) is 31.5 Å². The molecule has 4 rings (SSSR count). The monoisotopic (exact) mass is 489 g/mol. The fourth-order valence-electron chi connectivity index (χ4n) is 2.36. The highest BCUT2D eigenvalue weighted by atomic mass is 35.5. The summed E-state index contributed by atoms with van der Waals surface area (Å²) in [6, 6.07) is 11.0. The highest BCUT2D eigenvalue weighted by molar-refractivity contribution is 7.13. The molecule has 0 radical (unpaired) electrons. The Hall–Kier alpha value is -2.63. The molecule has 0 amide bonds. The molecule has 0 fully saturated rings. The van der Waals surface area contributed by atoms with Gasteiger partial charge in [0.15, 0.2) is 6.61 Å². The molecular formula is C19H17ClF3N4O2S2-. The number of H-pyrrole nitrogens is 1. The number of thiophene rings is 2. The Labute approximate surface area is 190 Å². The topological polar surface area (TPSA) is 72.8 Å². The summed E-state index contributed by atoms with van der Waals surface area (Å²) in [5, 5.41) is 14.9. The van der Waals surface area contributed by atoms with E-state index in [1.807, 2.05) is 19.1 Å². The van der Waals surface area contributed by atoms with E-state index in [9.17, 15) is 18.0 Å². The van der Waals surface area contributed by atoms with Crippen LogP contribution in [0.4, 0.5) is 13.2 Å². The zero-order valence-corrected chi connectivity index (χ0v) is 18.7. The molecule has 0 aromatic carbocycles. The van der Waals surface area contributed by atoms with Crippen LogP contribution in [0.3, 0.4) is 0 Å². The second kappa shape index (κ2) is 10.6. The zero-order chi connectivity index (χ0) is 21.7. The summed E-state index contributed by atoms with van der Waals surface area (Å²) in [5.41, 5.74) is 2.55. The summed E-state index contributed by atoms with van der Waals surface area (Å²) in [6.07, 6.45) is -4.46. The summed E-state index contributed by atoms with van der Waals surface area (Å²) >= 11 is 3.08. The number of carbonyl (C=O) groups is 1. The molecule has 0 aliphatic rings. The highest BCUT2D eigenvalue weighted by Crippen LogP contribution is 2.28. The van der Waals surface area contributed by atoms with Crippen LogP contribution in [-0.2, 0) is 0 Å². The van der Waals surface area contributed by atoms with Gasteiger partial charge in [-0.15, -0.1) is 22.7 Å². The minimum absolute atomic E-state index is 0. The maximum Gasteiger partial charge on any atom is 0.422 e. The van der Waals surface area contributed by atoms with Gasteiger partial charge >= 0.3 is 6.18 Å². The molecular weight excluding hydrogens is 473 g/mol. The predicted octanol–water partition coefficient (Wildman–Crippen LogP) is 2.66. The van der Waals surface area contributed by atoms with Crippen LogP contribution in [-0.4, -0.2) is 38.7 Å². The van der Waals surface area contributed by atoms with Gasteiger partial charge in [0.2, 0.25) is 11.8 Å². The van der Waals surface area contributed by atoms with Crippen LogP contribution >= 0.6 is 22.7 Å². The van der Waals surface area contributed by atoms with Gasteiger partial charge in [-0.05, 0) is 35.9 Å². The molecule has 0 atom stereocenters. The van der Waals surface area contributed by atoms with Gasteiger partial charge in [-0.25, -0.2) is 0 Å². The Bertz CT molecular complexity index is 1090. The van der Waals surface area contributed by atoms with Crippen molar-refractivity contribution in [2.75, 3.05) is 6.61 Å². The average Bonchev–Trinajstić information content (AvgIpc) is 3.45. The first-order valence-corrected chi connectivity index (χ1v) is 10.4. The van der Waals surface area contributed by atoms with Crippen molar-refractivity contribution < 1.29 is 35.1 Å². The summed E-state index contributed by atoms with van der Waals surface area (Å²) in [6.45, 7) is 1.74. The lowest BCUT2D eigenvalue weighted by atomic mass is 10.3. The van der Waals surface area contributed by atoms with E-state index in [0.717, 1.165) is 20.9 Å². The minimum Gasteiger partial charge on any atom is -1.00 e. The van der Waals surface area contributed by atoms with Crippen molar-refractivity contribution >= 4 is 28.6 Å². The van der Waals surface area contributed by atoms with Gasteiger partial charge in [0.1, 0.15) is 11.4 Å². The SMILES string of the molecule is CC(=O)n1nc(-c2cccs2)cc1OCC(F)(F)F.Cc1cc(-c2cccs2)n[nH]1.[Cl-]. The normalized spacial score (nSPS) is 10.7. The molecule has 0 aliphatic heterocycles. The standard InChI is InChI=1S/C11H9F3N2O2S.C8H8N2S.ClH/c1-7(17)16-10(18-6-11(12,13)14)5-8(15-16)9-3-2-4-19-9;1-6-5-7(10-9-6)8-3-2-4-11-8;/h2-5H,6H2,1H3;2-5H,1H3,(H,9,10);1H/p-1. The van der Waals surface area contributed by atoms with Crippen LogP contribution in [0.1, 0.15) is 17.4 Å². The second-order valence-electron chi connectivity index (χ2n) is 6.09. The Kier molecular flexibility index (Phi) is 8.43. The third-order valence-corrected chi connectivity index (χ3v) is 5.40. The number of rotatable bonds is 4. The van der Waals surface area contributed by atoms with Gasteiger partial charge in [-0.1, -0.05) is 12.1 Å². The van der Waals surface area contributed by atoms with E-state index < -0.39 is 18.7 Å². The van der Waals surface area contributed by atoms with Crippen molar-refractivity contribution in [2.45, 2.75) is 20.0 Å². The first-order valence-electron chi connectivity index (χ1n) is 8.63. The molecule has 4 aromatic heterocycles. The van der Waals surface area contributed by atoms with Gasteiger partial charge < -0.3 is 17.1 Å². The van der Waals surface area contributed by atoms with Crippen LogP contribution in [0.2, 0.25) is 0 Å². The summed E-state index contributed by atoms with van der Waals surface area (Å²) in [5.74, 6) is -0.729. The quantitative estimate of drug-likeness (QED) is 0.478. The molecule has 0 unspecified atom stereocenters. The number of carbonyl (C=O) groups excluding carboxylic acids is 1. The van der Waals surface area contributed by atoms with E-state index in [0.29, 0.717) is 5.69 Å². The van der Waals surface area contributed by atoms with E-state index in [1.54, 1.807) is 28.8 Å². The number of halogens is 4. The van der Waals surface area contributed by atoms with E-state index in [4.69, 9.17) is 0 Å². The van der Waals surface area contributed by atoms with Crippen molar-refractivity contribution in [2.24, 2.45) is 0 Å². The highest BCUT2D eigenvalue weighted by Gasteiger charge is 2.29. The maximum absolute atomic E-state index is 12.1. The first-order chi connectivity index (χ1) is 14.2. The number of nitrogens with one attached hydrogen (secondary N) is 1. The van der Waals surface area contributed by atoms with E-state index >= 15 is 0 Å². The van der Waals surface area contributed by atoms with Gasteiger partial charge in [-0.2, -0.15) is 28.1 Å². The van der Waals surface area contributed by atoms with Crippen molar-refractivity contribution in [3.63, 3.8) is 0 Å². The third kappa shape index (κ3) is 6.94. The van der Waals surface area contributed by atoms with E-state index in [-0.39, 0.29) is 18.3 Å². The van der Waals surface area contributed by atoms with Gasteiger partial charge in [-0.3, -0.25) is 9.89 Å². The molecule has 0 aliphatic carbocycles.